The Morgan fingerprint density at radius 3 is 2.65 bits per heavy atom. The smallest absolute Gasteiger partial charge is 0.341 e. The molecule has 0 saturated heterocycles. The molecule has 6 heteroatoms. The summed E-state index contributed by atoms with van der Waals surface area (Å²) in [6, 6.07) is 0. The molecule has 17 heavy (non-hydrogen) atoms. The molecule has 0 radical (unpaired) electrons. The summed E-state index contributed by atoms with van der Waals surface area (Å²) in [4.78, 5) is 15.9. The van der Waals surface area contributed by atoms with Crippen molar-refractivity contribution in [1.82, 2.24) is 10.1 Å². The Balaban J connectivity index is 2.64. The summed E-state index contributed by atoms with van der Waals surface area (Å²) < 4.78 is 5.19. The second-order valence-electron chi connectivity index (χ2n) is 4.66. The number of carbonyl (C=O) groups is 1. The topological polar surface area (TPSA) is 76.2 Å². The maximum Gasteiger partial charge on any atom is 0.341 e. The van der Waals surface area contributed by atoms with Gasteiger partial charge in [0.05, 0.1) is 10.4 Å². The Labute approximate surface area is 102 Å². The molecule has 0 saturated carbocycles. The average molecular weight is 252 g/mol. The van der Waals surface area contributed by atoms with Crippen molar-refractivity contribution < 1.29 is 14.4 Å². The molecule has 2 heterocycles. The molecule has 2 rings (SSSR count). The number of hydrogen-bond acceptors (Lipinski definition) is 5. The third-order valence-electron chi connectivity index (χ3n) is 2.25. The monoisotopic (exact) mass is 252 g/mol. The second-order valence-corrected chi connectivity index (χ2v) is 5.54. The van der Waals surface area contributed by atoms with Gasteiger partial charge in [-0.25, -0.2) is 4.79 Å². The van der Waals surface area contributed by atoms with Crippen LogP contribution in [0.25, 0.3) is 10.6 Å². The second kappa shape index (κ2) is 3.96. The lowest BCUT2D eigenvalue weighted by Gasteiger charge is -2.14. The fourth-order valence-electron chi connectivity index (χ4n) is 1.50. The number of nitrogens with zero attached hydrogens (tertiary/aromatic N) is 2. The predicted octanol–water partition coefficient (Wildman–Crippen LogP) is 2.79. The van der Waals surface area contributed by atoms with E-state index in [4.69, 9.17) is 4.52 Å². The van der Waals surface area contributed by atoms with Crippen LogP contribution >= 0.6 is 11.3 Å². The molecule has 0 aliphatic rings. The van der Waals surface area contributed by atoms with Gasteiger partial charge in [0.1, 0.15) is 11.3 Å². The van der Waals surface area contributed by atoms with E-state index in [-0.39, 0.29) is 5.56 Å². The highest BCUT2D eigenvalue weighted by atomic mass is 32.1. The van der Waals surface area contributed by atoms with Crippen LogP contribution in [0.1, 0.15) is 36.9 Å². The number of rotatable bonds is 2. The van der Waals surface area contributed by atoms with Crippen LogP contribution in [0.2, 0.25) is 0 Å². The SMILES string of the molecule is CC(C)(C)c1onc(-c2cncs2)c1C(=O)O. The van der Waals surface area contributed by atoms with Gasteiger partial charge in [0.2, 0.25) is 0 Å². The molecule has 0 aromatic carbocycles. The van der Waals surface area contributed by atoms with Crippen molar-refractivity contribution >= 4 is 17.3 Å². The van der Waals surface area contributed by atoms with Crippen molar-refractivity contribution in [2.24, 2.45) is 0 Å². The van der Waals surface area contributed by atoms with Crippen LogP contribution in [0.5, 0.6) is 0 Å². The Kier molecular flexibility index (Phi) is 2.74. The number of carboxylic acid groups (broad SMARTS) is 1. The van der Waals surface area contributed by atoms with Crippen molar-refractivity contribution in [1.29, 1.82) is 0 Å². The summed E-state index contributed by atoms with van der Waals surface area (Å²) in [6.45, 7) is 5.66. The zero-order chi connectivity index (χ0) is 12.6. The number of aromatic carboxylic acids is 1. The highest BCUT2D eigenvalue weighted by Gasteiger charge is 2.31. The van der Waals surface area contributed by atoms with Crippen LogP contribution < -0.4 is 0 Å². The molecule has 0 aliphatic heterocycles. The molecule has 0 atom stereocenters. The van der Waals surface area contributed by atoms with E-state index in [1.165, 1.54) is 11.3 Å². The lowest BCUT2D eigenvalue weighted by molar-refractivity contribution is 0.0693. The average Bonchev–Trinajstić information content (AvgIpc) is 2.84. The number of aromatic nitrogens is 2. The minimum atomic E-state index is -1.03. The minimum absolute atomic E-state index is 0.127. The van der Waals surface area contributed by atoms with Crippen LogP contribution in [-0.2, 0) is 5.41 Å². The van der Waals surface area contributed by atoms with Gasteiger partial charge in [-0.3, -0.25) is 4.98 Å². The molecule has 0 aliphatic carbocycles. The fourth-order valence-corrected chi connectivity index (χ4v) is 2.11. The van der Waals surface area contributed by atoms with Crippen LogP contribution in [0.15, 0.2) is 16.2 Å². The summed E-state index contributed by atoms with van der Waals surface area (Å²) in [5, 5.41) is 13.1. The minimum Gasteiger partial charge on any atom is -0.477 e. The summed E-state index contributed by atoms with van der Waals surface area (Å²) in [5.74, 6) is -0.645. The van der Waals surface area contributed by atoms with Crippen LogP contribution in [-0.4, -0.2) is 21.2 Å². The van der Waals surface area contributed by atoms with E-state index in [0.717, 1.165) is 0 Å². The number of carboxylic acids is 1. The molecule has 1 N–H and O–H groups in total. The fraction of sp³-hybridized carbons (Fsp3) is 0.364. The third-order valence-corrected chi connectivity index (χ3v) is 3.03. The highest BCUT2D eigenvalue weighted by molar-refractivity contribution is 7.13. The normalized spacial score (nSPS) is 11.7. The standard InChI is InChI=1S/C11H12N2O3S/c1-11(2,3)9-7(10(14)15)8(13-16-9)6-4-12-5-17-6/h4-5H,1-3H3,(H,14,15). The van der Waals surface area contributed by atoms with E-state index in [2.05, 4.69) is 10.1 Å². The Morgan fingerprint density at radius 2 is 2.18 bits per heavy atom. The summed E-state index contributed by atoms with van der Waals surface area (Å²) in [7, 11) is 0. The molecular weight excluding hydrogens is 240 g/mol. The van der Waals surface area contributed by atoms with E-state index < -0.39 is 11.4 Å². The maximum atomic E-state index is 11.3. The van der Waals surface area contributed by atoms with Crippen LogP contribution in [0.4, 0.5) is 0 Å². The molecule has 0 bridgehead atoms. The predicted molar refractivity (Wildman–Crippen MR) is 63.3 cm³/mol. The maximum absolute atomic E-state index is 11.3. The summed E-state index contributed by atoms with van der Waals surface area (Å²) in [6.07, 6.45) is 1.58. The molecule has 2 aromatic heterocycles. The Bertz CT molecular complexity index is 538. The van der Waals surface area contributed by atoms with Crippen molar-refractivity contribution in [2.45, 2.75) is 26.2 Å². The molecule has 5 nitrogen and oxygen atoms in total. The van der Waals surface area contributed by atoms with Gasteiger partial charge in [-0.2, -0.15) is 0 Å². The first kappa shape index (κ1) is 11.8. The number of thiazole rings is 1. The zero-order valence-corrected chi connectivity index (χ0v) is 10.5. The van der Waals surface area contributed by atoms with E-state index >= 15 is 0 Å². The van der Waals surface area contributed by atoms with Crippen LogP contribution in [0, 0.1) is 0 Å². The molecule has 0 amide bonds. The molecule has 2 aromatic rings. The lowest BCUT2D eigenvalue weighted by atomic mass is 9.89. The van der Waals surface area contributed by atoms with E-state index in [9.17, 15) is 9.90 Å². The quantitative estimate of drug-likeness (QED) is 0.889. The van der Waals surface area contributed by atoms with Gasteiger partial charge in [0.25, 0.3) is 0 Å². The van der Waals surface area contributed by atoms with Gasteiger partial charge in [0.15, 0.2) is 5.76 Å². The van der Waals surface area contributed by atoms with Gasteiger partial charge in [-0.05, 0) is 0 Å². The largest absolute Gasteiger partial charge is 0.477 e. The summed E-state index contributed by atoms with van der Waals surface area (Å²) in [5.41, 5.74) is 1.71. The first-order chi connectivity index (χ1) is 7.91. The number of hydrogen-bond donors (Lipinski definition) is 1. The van der Waals surface area contributed by atoms with Crippen molar-refractivity contribution in [3.8, 4) is 10.6 Å². The van der Waals surface area contributed by atoms with Crippen molar-refractivity contribution in [3.63, 3.8) is 0 Å². The van der Waals surface area contributed by atoms with E-state index in [1.807, 2.05) is 20.8 Å². The highest BCUT2D eigenvalue weighted by Crippen LogP contribution is 2.34. The van der Waals surface area contributed by atoms with Gasteiger partial charge in [0, 0.05) is 11.6 Å². The lowest BCUT2D eigenvalue weighted by Crippen LogP contribution is -2.15. The van der Waals surface area contributed by atoms with Gasteiger partial charge in [-0.1, -0.05) is 25.9 Å². The summed E-state index contributed by atoms with van der Waals surface area (Å²) >= 11 is 1.33. The zero-order valence-electron chi connectivity index (χ0n) is 9.72. The molecule has 90 valence electrons. The van der Waals surface area contributed by atoms with Crippen molar-refractivity contribution in [3.05, 3.63) is 23.0 Å². The van der Waals surface area contributed by atoms with Gasteiger partial charge >= 0.3 is 5.97 Å². The van der Waals surface area contributed by atoms with Crippen molar-refractivity contribution in [2.75, 3.05) is 0 Å². The first-order valence-corrected chi connectivity index (χ1v) is 5.91. The molecular formula is C11H12N2O3S. The Morgan fingerprint density at radius 1 is 1.47 bits per heavy atom. The van der Waals surface area contributed by atoms with E-state index in [0.29, 0.717) is 16.3 Å². The Hall–Kier alpha value is -1.69. The van der Waals surface area contributed by atoms with E-state index in [1.54, 1.807) is 11.7 Å². The first-order valence-electron chi connectivity index (χ1n) is 5.03. The molecule has 0 fully saturated rings. The molecule has 0 spiro atoms. The van der Waals surface area contributed by atoms with Gasteiger partial charge in [-0.15, -0.1) is 11.3 Å². The van der Waals surface area contributed by atoms with Gasteiger partial charge < -0.3 is 9.63 Å². The van der Waals surface area contributed by atoms with Crippen LogP contribution in [0.3, 0.4) is 0 Å². The third kappa shape index (κ3) is 2.08. The molecule has 0 unspecified atom stereocenters.